The molecule has 0 aliphatic rings. The van der Waals surface area contributed by atoms with Crippen molar-refractivity contribution in [3.05, 3.63) is 82.1 Å². The molecule has 0 radical (unpaired) electrons. The number of nitrogens with zero attached hydrogens (tertiary/aromatic N) is 3. The minimum Gasteiger partial charge on any atom is -0.347 e. The summed E-state index contributed by atoms with van der Waals surface area (Å²) in [5.41, 5.74) is 2.72. The number of anilines is 2. The molecule has 0 saturated heterocycles. The number of rotatable bonds is 5. The smallest absolute Gasteiger partial charge is 0.270 e. The highest BCUT2D eigenvalue weighted by molar-refractivity contribution is 6.31. The number of carbonyl (C=O) groups excluding carboxylic acids is 1. The van der Waals surface area contributed by atoms with Crippen LogP contribution in [0.5, 0.6) is 0 Å². The second-order valence-corrected chi connectivity index (χ2v) is 6.18. The van der Waals surface area contributed by atoms with Crippen LogP contribution in [0.1, 0.15) is 27.3 Å². The van der Waals surface area contributed by atoms with Crippen molar-refractivity contribution in [1.82, 2.24) is 15.3 Å². The van der Waals surface area contributed by atoms with E-state index in [0.29, 0.717) is 28.5 Å². The summed E-state index contributed by atoms with van der Waals surface area (Å²) in [5, 5.41) is 15.6. The third-order valence-corrected chi connectivity index (χ3v) is 4.15. The van der Waals surface area contributed by atoms with E-state index in [1.54, 1.807) is 43.3 Å². The molecule has 3 aromatic rings. The largest absolute Gasteiger partial charge is 0.347 e. The van der Waals surface area contributed by atoms with E-state index < -0.39 is 0 Å². The molecule has 0 fully saturated rings. The molecule has 1 heterocycles. The molecule has 134 valence electrons. The van der Waals surface area contributed by atoms with E-state index in [4.69, 9.17) is 11.6 Å². The van der Waals surface area contributed by atoms with E-state index in [1.807, 2.05) is 18.2 Å². The highest BCUT2D eigenvalue weighted by Gasteiger charge is 2.12. The zero-order valence-electron chi connectivity index (χ0n) is 14.5. The Bertz CT molecular complexity index is 1030. The number of nitriles is 1. The van der Waals surface area contributed by atoms with Crippen LogP contribution in [0.2, 0.25) is 5.02 Å². The van der Waals surface area contributed by atoms with Gasteiger partial charge < -0.3 is 10.6 Å². The SMILES string of the molecule is Cc1cc(C(=O)NCc2ccccc2Cl)nc(Nc2ccccc2C#N)n1. The number of hydrogen-bond acceptors (Lipinski definition) is 5. The summed E-state index contributed by atoms with van der Waals surface area (Å²) in [6, 6.07) is 18.0. The van der Waals surface area contributed by atoms with Crippen LogP contribution in [0.25, 0.3) is 0 Å². The van der Waals surface area contributed by atoms with E-state index >= 15 is 0 Å². The molecule has 1 amide bonds. The maximum atomic E-state index is 12.5. The molecule has 0 saturated carbocycles. The number of aromatic nitrogens is 2. The maximum absolute atomic E-state index is 12.5. The first-order chi connectivity index (χ1) is 13.1. The van der Waals surface area contributed by atoms with Gasteiger partial charge in [-0.3, -0.25) is 4.79 Å². The van der Waals surface area contributed by atoms with Crippen LogP contribution in [-0.2, 0) is 6.54 Å². The third-order valence-electron chi connectivity index (χ3n) is 3.78. The van der Waals surface area contributed by atoms with Gasteiger partial charge in [0, 0.05) is 17.3 Å². The van der Waals surface area contributed by atoms with Gasteiger partial charge in [0.15, 0.2) is 0 Å². The van der Waals surface area contributed by atoms with Crippen LogP contribution >= 0.6 is 11.6 Å². The second-order valence-electron chi connectivity index (χ2n) is 5.77. The van der Waals surface area contributed by atoms with Crippen molar-refractivity contribution < 1.29 is 4.79 Å². The van der Waals surface area contributed by atoms with Gasteiger partial charge in [-0.15, -0.1) is 0 Å². The van der Waals surface area contributed by atoms with Gasteiger partial charge in [-0.1, -0.05) is 41.9 Å². The minimum absolute atomic E-state index is 0.228. The van der Waals surface area contributed by atoms with Crippen LogP contribution in [-0.4, -0.2) is 15.9 Å². The molecule has 27 heavy (non-hydrogen) atoms. The Morgan fingerprint density at radius 2 is 1.89 bits per heavy atom. The van der Waals surface area contributed by atoms with Gasteiger partial charge in [-0.25, -0.2) is 9.97 Å². The summed E-state index contributed by atoms with van der Waals surface area (Å²) >= 11 is 6.11. The molecule has 2 aromatic carbocycles. The quantitative estimate of drug-likeness (QED) is 0.701. The predicted molar refractivity (Wildman–Crippen MR) is 104 cm³/mol. The number of halogens is 1. The molecule has 6 nitrogen and oxygen atoms in total. The predicted octanol–water partition coefficient (Wildman–Crippen LogP) is 3.98. The molecule has 0 unspecified atom stereocenters. The van der Waals surface area contributed by atoms with E-state index in [2.05, 4.69) is 26.7 Å². The molecule has 0 bridgehead atoms. The summed E-state index contributed by atoms with van der Waals surface area (Å²) in [4.78, 5) is 21.0. The molecule has 0 aliphatic carbocycles. The molecule has 0 atom stereocenters. The van der Waals surface area contributed by atoms with Crippen LogP contribution in [0, 0.1) is 18.3 Å². The van der Waals surface area contributed by atoms with Crippen molar-refractivity contribution in [3.63, 3.8) is 0 Å². The first kappa shape index (κ1) is 18.4. The summed E-state index contributed by atoms with van der Waals surface area (Å²) < 4.78 is 0. The van der Waals surface area contributed by atoms with Gasteiger partial charge in [0.25, 0.3) is 5.91 Å². The fourth-order valence-electron chi connectivity index (χ4n) is 2.46. The van der Waals surface area contributed by atoms with Crippen LogP contribution in [0.15, 0.2) is 54.6 Å². The van der Waals surface area contributed by atoms with Crippen molar-refractivity contribution in [3.8, 4) is 6.07 Å². The number of amides is 1. The van der Waals surface area contributed by atoms with Gasteiger partial charge in [0.1, 0.15) is 11.8 Å². The molecule has 0 aliphatic heterocycles. The Balaban J connectivity index is 1.77. The summed E-state index contributed by atoms with van der Waals surface area (Å²) in [7, 11) is 0. The van der Waals surface area contributed by atoms with Crippen LogP contribution in [0.4, 0.5) is 11.6 Å². The topological polar surface area (TPSA) is 90.7 Å². The van der Waals surface area contributed by atoms with E-state index in [0.717, 1.165) is 5.56 Å². The van der Waals surface area contributed by atoms with Gasteiger partial charge in [-0.2, -0.15) is 5.26 Å². The lowest BCUT2D eigenvalue weighted by Crippen LogP contribution is -2.24. The average molecular weight is 378 g/mol. The Morgan fingerprint density at radius 1 is 1.15 bits per heavy atom. The van der Waals surface area contributed by atoms with E-state index in [-0.39, 0.29) is 17.5 Å². The number of nitrogens with one attached hydrogen (secondary N) is 2. The lowest BCUT2D eigenvalue weighted by Gasteiger charge is -2.10. The summed E-state index contributed by atoms with van der Waals surface area (Å²) in [6.07, 6.45) is 0. The first-order valence-corrected chi connectivity index (χ1v) is 8.58. The van der Waals surface area contributed by atoms with Gasteiger partial charge in [-0.05, 0) is 36.8 Å². The van der Waals surface area contributed by atoms with Gasteiger partial charge in [0.2, 0.25) is 5.95 Å². The summed E-state index contributed by atoms with van der Waals surface area (Å²) in [6.45, 7) is 2.06. The van der Waals surface area contributed by atoms with Crippen molar-refractivity contribution in [2.45, 2.75) is 13.5 Å². The number of aryl methyl sites for hydroxylation is 1. The summed E-state index contributed by atoms with van der Waals surface area (Å²) in [5.74, 6) is -0.0855. The average Bonchev–Trinajstić information content (AvgIpc) is 2.67. The monoisotopic (exact) mass is 377 g/mol. The van der Waals surface area contributed by atoms with E-state index in [1.165, 1.54) is 0 Å². The fraction of sp³-hybridized carbons (Fsp3) is 0.100. The first-order valence-electron chi connectivity index (χ1n) is 8.20. The highest BCUT2D eigenvalue weighted by atomic mass is 35.5. The lowest BCUT2D eigenvalue weighted by molar-refractivity contribution is 0.0946. The zero-order chi connectivity index (χ0) is 19.2. The molecule has 2 N–H and O–H groups in total. The minimum atomic E-state index is -0.336. The maximum Gasteiger partial charge on any atom is 0.270 e. The van der Waals surface area contributed by atoms with Gasteiger partial charge in [0.05, 0.1) is 11.3 Å². The number of para-hydroxylation sites is 1. The van der Waals surface area contributed by atoms with Crippen molar-refractivity contribution in [1.29, 1.82) is 5.26 Å². The molecule has 3 rings (SSSR count). The third kappa shape index (κ3) is 4.60. The molecule has 1 aromatic heterocycles. The fourth-order valence-corrected chi connectivity index (χ4v) is 2.66. The Morgan fingerprint density at radius 3 is 2.67 bits per heavy atom. The Hall–Kier alpha value is -3.43. The van der Waals surface area contributed by atoms with Crippen molar-refractivity contribution in [2.75, 3.05) is 5.32 Å². The Kier molecular flexibility index (Phi) is 5.64. The number of carbonyl (C=O) groups is 1. The standard InChI is InChI=1S/C20H16ClN5O/c1-13-10-18(19(27)23-12-15-7-2-4-8-16(15)21)26-20(24-13)25-17-9-5-3-6-14(17)11-22/h2-10H,12H2,1H3,(H,23,27)(H,24,25,26). The molecular formula is C20H16ClN5O. The zero-order valence-corrected chi connectivity index (χ0v) is 15.3. The van der Waals surface area contributed by atoms with Crippen molar-refractivity contribution >= 4 is 29.1 Å². The number of benzene rings is 2. The molecule has 7 heteroatoms. The normalized spacial score (nSPS) is 10.1. The van der Waals surface area contributed by atoms with E-state index in [9.17, 15) is 10.1 Å². The van der Waals surface area contributed by atoms with Crippen LogP contribution < -0.4 is 10.6 Å². The van der Waals surface area contributed by atoms with Gasteiger partial charge >= 0.3 is 0 Å². The second kappa shape index (κ2) is 8.30. The van der Waals surface area contributed by atoms with Crippen molar-refractivity contribution in [2.24, 2.45) is 0 Å². The highest BCUT2D eigenvalue weighted by Crippen LogP contribution is 2.18. The van der Waals surface area contributed by atoms with Crippen LogP contribution in [0.3, 0.4) is 0 Å². The molecule has 0 spiro atoms. The Labute approximate surface area is 161 Å². The molecular weight excluding hydrogens is 362 g/mol. The number of hydrogen-bond donors (Lipinski definition) is 2. The lowest BCUT2D eigenvalue weighted by atomic mass is 10.2.